The Morgan fingerprint density at radius 1 is 1.42 bits per heavy atom. The third-order valence-corrected chi connectivity index (χ3v) is 4.57. The summed E-state index contributed by atoms with van der Waals surface area (Å²) < 4.78 is 0. The van der Waals surface area contributed by atoms with Gasteiger partial charge in [-0.1, -0.05) is 25.1 Å². The van der Waals surface area contributed by atoms with Gasteiger partial charge in [0.1, 0.15) is 0 Å². The summed E-state index contributed by atoms with van der Waals surface area (Å²) >= 11 is 1.75. The van der Waals surface area contributed by atoms with Crippen molar-refractivity contribution in [1.82, 2.24) is 4.98 Å². The lowest BCUT2D eigenvalue weighted by molar-refractivity contribution is 0.596. The summed E-state index contributed by atoms with van der Waals surface area (Å²) in [6, 6.07) is 8.78. The van der Waals surface area contributed by atoms with Crippen LogP contribution in [0.4, 0.5) is 5.69 Å². The van der Waals surface area contributed by atoms with Crippen LogP contribution in [-0.2, 0) is 19.4 Å². The van der Waals surface area contributed by atoms with Gasteiger partial charge in [-0.15, -0.1) is 11.3 Å². The lowest BCUT2D eigenvalue weighted by atomic mass is 9.98. The molecule has 0 amide bonds. The van der Waals surface area contributed by atoms with E-state index in [0.717, 1.165) is 31.6 Å². The van der Waals surface area contributed by atoms with Crippen molar-refractivity contribution >= 4 is 17.0 Å². The first-order valence-electron chi connectivity index (χ1n) is 6.78. The number of fused-ring (bicyclic) bond motifs is 1. The number of hydrogen-bond donors (Lipinski definition) is 1. The minimum atomic E-state index is 0.221. The van der Waals surface area contributed by atoms with Gasteiger partial charge in [0.05, 0.1) is 17.2 Å². The molecule has 1 atom stereocenters. The Morgan fingerprint density at radius 2 is 2.26 bits per heavy atom. The summed E-state index contributed by atoms with van der Waals surface area (Å²) in [7, 11) is 0. The molecule has 0 radical (unpaired) electrons. The van der Waals surface area contributed by atoms with Gasteiger partial charge in [0.15, 0.2) is 0 Å². The Hall–Kier alpha value is -1.39. The van der Waals surface area contributed by atoms with Crippen LogP contribution < -0.4 is 10.6 Å². The number of para-hydroxylation sites is 1. The summed E-state index contributed by atoms with van der Waals surface area (Å²) in [6.45, 7) is 3.92. The van der Waals surface area contributed by atoms with Crippen LogP contribution in [0.15, 0.2) is 29.6 Å². The molecule has 3 rings (SSSR count). The Labute approximate surface area is 118 Å². The third-order valence-electron chi connectivity index (χ3n) is 3.52. The van der Waals surface area contributed by atoms with Gasteiger partial charge in [-0.3, -0.25) is 0 Å². The van der Waals surface area contributed by atoms with E-state index in [4.69, 9.17) is 5.73 Å². The largest absolute Gasteiger partial charge is 0.364 e. The molecule has 0 fully saturated rings. The molecular formula is C15H19N3S. The van der Waals surface area contributed by atoms with Gasteiger partial charge in [-0.05, 0) is 24.5 Å². The number of thiazole rings is 1. The minimum Gasteiger partial charge on any atom is -0.364 e. The van der Waals surface area contributed by atoms with E-state index in [1.807, 2.05) is 0 Å². The summed E-state index contributed by atoms with van der Waals surface area (Å²) in [5.41, 5.74) is 9.99. The highest BCUT2D eigenvalue weighted by molar-refractivity contribution is 7.09. The molecule has 2 heterocycles. The fourth-order valence-corrected chi connectivity index (χ4v) is 3.39. The second-order valence-electron chi connectivity index (χ2n) is 5.06. The normalized spacial score (nSPS) is 18.4. The first kappa shape index (κ1) is 12.6. The zero-order valence-corrected chi connectivity index (χ0v) is 12.0. The highest BCUT2D eigenvalue weighted by Gasteiger charge is 2.22. The SMILES string of the molecule is CCc1nc(CN2CC(N)Cc3ccccc32)cs1. The van der Waals surface area contributed by atoms with Crippen LogP contribution in [0.3, 0.4) is 0 Å². The molecule has 0 spiro atoms. The van der Waals surface area contributed by atoms with Crippen molar-refractivity contribution in [1.29, 1.82) is 0 Å². The summed E-state index contributed by atoms with van der Waals surface area (Å²) in [6.07, 6.45) is 1.99. The predicted octanol–water partition coefficient (Wildman–Crippen LogP) is 2.60. The molecule has 4 heteroatoms. The molecule has 3 nitrogen and oxygen atoms in total. The van der Waals surface area contributed by atoms with Crippen LogP contribution in [0, 0.1) is 0 Å². The van der Waals surface area contributed by atoms with Crippen LogP contribution >= 0.6 is 11.3 Å². The Bertz CT molecular complexity index is 564. The summed E-state index contributed by atoms with van der Waals surface area (Å²) in [5.74, 6) is 0. The van der Waals surface area contributed by atoms with Crippen LogP contribution in [0.2, 0.25) is 0 Å². The lowest BCUT2D eigenvalue weighted by Crippen LogP contribution is -2.42. The Kier molecular flexibility index (Phi) is 3.53. The van der Waals surface area contributed by atoms with E-state index in [-0.39, 0.29) is 6.04 Å². The molecule has 100 valence electrons. The van der Waals surface area contributed by atoms with Gasteiger partial charge in [0, 0.05) is 23.7 Å². The molecule has 1 aliphatic heterocycles. The standard InChI is InChI=1S/C15H19N3S/c1-2-15-17-13(10-19-15)9-18-8-12(16)7-11-5-3-4-6-14(11)18/h3-6,10,12H,2,7-9,16H2,1H3. The van der Waals surface area contributed by atoms with E-state index >= 15 is 0 Å². The van der Waals surface area contributed by atoms with Crippen LogP contribution in [0.5, 0.6) is 0 Å². The topological polar surface area (TPSA) is 42.2 Å². The van der Waals surface area contributed by atoms with Gasteiger partial charge in [0.2, 0.25) is 0 Å². The molecule has 1 aromatic heterocycles. The smallest absolute Gasteiger partial charge is 0.0926 e. The van der Waals surface area contributed by atoms with Crippen LogP contribution in [0.1, 0.15) is 23.2 Å². The lowest BCUT2D eigenvalue weighted by Gasteiger charge is -2.34. The summed E-state index contributed by atoms with van der Waals surface area (Å²) in [4.78, 5) is 7.02. The maximum atomic E-state index is 6.17. The third kappa shape index (κ3) is 2.65. The number of rotatable bonds is 3. The number of aromatic nitrogens is 1. The second kappa shape index (κ2) is 5.31. The molecule has 0 bridgehead atoms. The molecule has 0 saturated heterocycles. The fourth-order valence-electron chi connectivity index (χ4n) is 2.65. The first-order valence-corrected chi connectivity index (χ1v) is 7.66. The average molecular weight is 273 g/mol. The first-order chi connectivity index (χ1) is 9.26. The van der Waals surface area contributed by atoms with E-state index in [1.165, 1.54) is 16.3 Å². The van der Waals surface area contributed by atoms with Crippen molar-refractivity contribution in [2.45, 2.75) is 32.4 Å². The molecule has 1 unspecified atom stereocenters. The van der Waals surface area contributed by atoms with E-state index in [0.29, 0.717) is 0 Å². The molecule has 2 aromatic rings. The van der Waals surface area contributed by atoms with Crippen molar-refractivity contribution in [2.75, 3.05) is 11.4 Å². The molecule has 1 aromatic carbocycles. The molecule has 1 aliphatic rings. The van der Waals surface area contributed by atoms with Gasteiger partial charge < -0.3 is 10.6 Å². The zero-order valence-electron chi connectivity index (χ0n) is 11.2. The number of benzene rings is 1. The Balaban J connectivity index is 1.84. The number of anilines is 1. The molecule has 0 aliphatic carbocycles. The maximum Gasteiger partial charge on any atom is 0.0926 e. The van der Waals surface area contributed by atoms with Gasteiger partial charge >= 0.3 is 0 Å². The minimum absolute atomic E-state index is 0.221. The highest BCUT2D eigenvalue weighted by Crippen LogP contribution is 2.28. The van der Waals surface area contributed by atoms with Crippen LogP contribution in [0.25, 0.3) is 0 Å². The average Bonchev–Trinajstić information content (AvgIpc) is 2.86. The number of nitrogens with two attached hydrogens (primary N) is 1. The van der Waals surface area contributed by atoms with Gasteiger partial charge in [-0.2, -0.15) is 0 Å². The van der Waals surface area contributed by atoms with E-state index in [2.05, 4.69) is 46.5 Å². The summed E-state index contributed by atoms with van der Waals surface area (Å²) in [5, 5.41) is 3.38. The quantitative estimate of drug-likeness (QED) is 0.934. The zero-order chi connectivity index (χ0) is 13.2. The maximum absolute atomic E-state index is 6.17. The molecular weight excluding hydrogens is 254 g/mol. The highest BCUT2D eigenvalue weighted by atomic mass is 32.1. The van der Waals surface area contributed by atoms with E-state index in [1.54, 1.807) is 11.3 Å². The van der Waals surface area contributed by atoms with Crippen molar-refractivity contribution in [3.8, 4) is 0 Å². The van der Waals surface area contributed by atoms with Crippen molar-refractivity contribution in [3.63, 3.8) is 0 Å². The monoisotopic (exact) mass is 273 g/mol. The van der Waals surface area contributed by atoms with Crippen molar-refractivity contribution < 1.29 is 0 Å². The van der Waals surface area contributed by atoms with Gasteiger partial charge in [0.25, 0.3) is 0 Å². The second-order valence-corrected chi connectivity index (χ2v) is 6.00. The van der Waals surface area contributed by atoms with E-state index in [9.17, 15) is 0 Å². The van der Waals surface area contributed by atoms with Crippen LogP contribution in [-0.4, -0.2) is 17.6 Å². The predicted molar refractivity (Wildman–Crippen MR) is 80.7 cm³/mol. The molecule has 0 saturated carbocycles. The van der Waals surface area contributed by atoms with Crippen molar-refractivity contribution in [3.05, 3.63) is 45.9 Å². The Morgan fingerprint density at radius 3 is 3.05 bits per heavy atom. The number of aryl methyl sites for hydroxylation is 1. The van der Waals surface area contributed by atoms with Crippen molar-refractivity contribution in [2.24, 2.45) is 5.73 Å². The fraction of sp³-hybridized carbons (Fsp3) is 0.400. The van der Waals surface area contributed by atoms with Gasteiger partial charge in [-0.25, -0.2) is 4.98 Å². The molecule has 19 heavy (non-hydrogen) atoms. The molecule has 2 N–H and O–H groups in total. The number of hydrogen-bond acceptors (Lipinski definition) is 4. The van der Waals surface area contributed by atoms with E-state index < -0.39 is 0 Å². The number of nitrogens with zero attached hydrogens (tertiary/aromatic N) is 2.